The quantitative estimate of drug-likeness (QED) is 0.326. The first kappa shape index (κ1) is 22.7. The van der Waals surface area contributed by atoms with E-state index in [0.29, 0.717) is 11.6 Å². The molecule has 5 nitrogen and oxygen atoms in total. The predicted octanol–water partition coefficient (Wildman–Crippen LogP) is 5.36. The highest BCUT2D eigenvalue weighted by Crippen LogP contribution is 2.27. The predicted molar refractivity (Wildman–Crippen MR) is 137 cm³/mol. The number of benzene rings is 2. The molecule has 2 aromatic carbocycles. The maximum Gasteiger partial charge on any atom is 0.270 e. The number of aromatic nitrogens is 1. The Bertz CT molecular complexity index is 1280. The molecule has 2 heterocycles. The van der Waals surface area contributed by atoms with Gasteiger partial charge >= 0.3 is 0 Å². The minimum Gasteiger partial charge on any atom is -0.318 e. The summed E-state index contributed by atoms with van der Waals surface area (Å²) >= 11 is 5.33. The van der Waals surface area contributed by atoms with Crippen molar-refractivity contribution in [2.75, 3.05) is 4.90 Å². The number of nitrogens with zero attached hydrogens (tertiary/aromatic N) is 2. The van der Waals surface area contributed by atoms with Gasteiger partial charge in [0.2, 0.25) is 0 Å². The maximum atomic E-state index is 13.4. The van der Waals surface area contributed by atoms with Gasteiger partial charge in [-0.2, -0.15) is 0 Å². The number of carbonyl (C=O) groups is 2. The topological polar surface area (TPSA) is 54.3 Å². The highest BCUT2D eigenvalue weighted by molar-refractivity contribution is 7.80. The van der Waals surface area contributed by atoms with Crippen LogP contribution in [-0.2, 0) is 9.59 Å². The second kappa shape index (κ2) is 8.79. The summed E-state index contributed by atoms with van der Waals surface area (Å²) in [6.07, 6.45) is 1.65. The number of thiocarbonyl (C=S) groups is 1. The van der Waals surface area contributed by atoms with E-state index < -0.39 is 11.8 Å². The summed E-state index contributed by atoms with van der Waals surface area (Å²) in [7, 11) is 0. The number of nitrogens with one attached hydrogen (secondary N) is 1. The molecule has 1 aromatic heterocycles. The number of aryl methyl sites for hydroxylation is 2. The molecule has 1 fully saturated rings. The van der Waals surface area contributed by atoms with Gasteiger partial charge in [0, 0.05) is 17.1 Å². The van der Waals surface area contributed by atoms with Crippen LogP contribution in [0.1, 0.15) is 47.8 Å². The van der Waals surface area contributed by atoms with Crippen molar-refractivity contribution in [2.45, 2.75) is 40.5 Å². The van der Waals surface area contributed by atoms with E-state index in [0.717, 1.165) is 28.2 Å². The highest BCUT2D eigenvalue weighted by atomic mass is 32.1. The molecule has 0 saturated carbocycles. The van der Waals surface area contributed by atoms with E-state index in [1.807, 2.05) is 44.2 Å². The zero-order valence-corrected chi connectivity index (χ0v) is 20.3. The second-order valence-corrected chi connectivity index (χ2v) is 9.09. The average Bonchev–Trinajstić information content (AvgIpc) is 3.05. The number of hydrogen-bond acceptors (Lipinski definition) is 3. The Hall–Kier alpha value is -3.51. The van der Waals surface area contributed by atoms with E-state index in [4.69, 9.17) is 12.2 Å². The minimum absolute atomic E-state index is 0.0562. The third-order valence-corrected chi connectivity index (χ3v) is 6.27. The second-order valence-electron chi connectivity index (χ2n) is 8.70. The molecule has 1 saturated heterocycles. The molecule has 2 amide bonds. The zero-order chi connectivity index (χ0) is 23.9. The number of rotatable bonds is 4. The molecule has 33 heavy (non-hydrogen) atoms. The molecule has 0 unspecified atom stereocenters. The first-order valence-electron chi connectivity index (χ1n) is 10.9. The van der Waals surface area contributed by atoms with Gasteiger partial charge in [-0.15, -0.1) is 0 Å². The van der Waals surface area contributed by atoms with E-state index in [9.17, 15) is 9.59 Å². The molecule has 1 N–H and O–H groups in total. The van der Waals surface area contributed by atoms with Crippen LogP contribution in [0.2, 0.25) is 0 Å². The Morgan fingerprint density at radius 1 is 0.909 bits per heavy atom. The summed E-state index contributed by atoms with van der Waals surface area (Å²) in [5.41, 5.74) is 6.85. The highest BCUT2D eigenvalue weighted by Gasteiger charge is 2.34. The lowest BCUT2D eigenvalue weighted by Gasteiger charge is -2.29. The van der Waals surface area contributed by atoms with Crippen molar-refractivity contribution in [3.8, 4) is 5.69 Å². The molecule has 3 aromatic rings. The van der Waals surface area contributed by atoms with Crippen molar-refractivity contribution in [3.63, 3.8) is 0 Å². The van der Waals surface area contributed by atoms with Gasteiger partial charge < -0.3 is 4.57 Å². The normalized spacial score (nSPS) is 15.5. The minimum atomic E-state index is -0.486. The van der Waals surface area contributed by atoms with Gasteiger partial charge in [0.1, 0.15) is 5.57 Å². The smallest absolute Gasteiger partial charge is 0.270 e. The standard InChI is InChI=1S/C27H27N3O2S/c1-16(2)20-8-12-23(13-9-20)30-26(32)24(25(31)28-27(30)33)15-21-14-18(4)29(19(21)5)22-10-6-17(3)7-11-22/h6-16H,1-5H3,(H,28,31,33). The zero-order valence-electron chi connectivity index (χ0n) is 19.5. The number of amides is 2. The van der Waals surface area contributed by atoms with Gasteiger partial charge in [-0.1, -0.05) is 43.7 Å². The fraction of sp³-hybridized carbons (Fsp3) is 0.222. The molecule has 0 bridgehead atoms. The molecule has 0 atom stereocenters. The Morgan fingerprint density at radius 3 is 2.12 bits per heavy atom. The molecule has 4 rings (SSSR count). The molecular weight excluding hydrogens is 430 g/mol. The van der Waals surface area contributed by atoms with E-state index >= 15 is 0 Å². The lowest BCUT2D eigenvalue weighted by molar-refractivity contribution is -0.122. The van der Waals surface area contributed by atoms with Crippen LogP contribution in [0.3, 0.4) is 0 Å². The Balaban J connectivity index is 1.72. The first-order chi connectivity index (χ1) is 15.7. The van der Waals surface area contributed by atoms with Crippen molar-refractivity contribution >= 4 is 40.9 Å². The maximum absolute atomic E-state index is 13.4. The average molecular weight is 458 g/mol. The molecule has 0 radical (unpaired) electrons. The van der Waals surface area contributed by atoms with Crippen molar-refractivity contribution < 1.29 is 9.59 Å². The number of carbonyl (C=O) groups excluding carboxylic acids is 2. The number of anilines is 1. The van der Waals surface area contributed by atoms with Crippen LogP contribution in [0, 0.1) is 20.8 Å². The summed E-state index contributed by atoms with van der Waals surface area (Å²) in [6.45, 7) is 10.3. The van der Waals surface area contributed by atoms with E-state index in [-0.39, 0.29) is 10.7 Å². The van der Waals surface area contributed by atoms with Gasteiger partial charge in [0.25, 0.3) is 11.8 Å². The van der Waals surface area contributed by atoms with E-state index in [1.54, 1.807) is 6.08 Å². The van der Waals surface area contributed by atoms with Crippen molar-refractivity contribution in [2.24, 2.45) is 0 Å². The lowest BCUT2D eigenvalue weighted by atomic mass is 10.0. The fourth-order valence-corrected chi connectivity index (χ4v) is 4.36. The molecule has 1 aliphatic rings. The van der Waals surface area contributed by atoms with Gasteiger partial charge in [-0.25, -0.2) is 0 Å². The van der Waals surface area contributed by atoms with Gasteiger partial charge in [0.05, 0.1) is 5.69 Å². The molecule has 168 valence electrons. The molecular formula is C27H27N3O2S. The Labute approximate surface area is 199 Å². The third kappa shape index (κ3) is 4.26. The lowest BCUT2D eigenvalue weighted by Crippen LogP contribution is -2.54. The SMILES string of the molecule is Cc1ccc(-n2c(C)cc(C=C3C(=O)NC(=S)N(c4ccc(C(C)C)cc4)C3=O)c2C)cc1. The van der Waals surface area contributed by atoms with Crippen molar-refractivity contribution in [3.05, 3.63) is 88.2 Å². The largest absolute Gasteiger partial charge is 0.318 e. The van der Waals surface area contributed by atoms with Crippen LogP contribution < -0.4 is 10.2 Å². The van der Waals surface area contributed by atoms with E-state index in [1.165, 1.54) is 10.5 Å². The van der Waals surface area contributed by atoms with Crippen molar-refractivity contribution in [1.82, 2.24) is 9.88 Å². The molecule has 1 aliphatic heterocycles. The number of hydrogen-bond donors (Lipinski definition) is 1. The summed E-state index contributed by atoms with van der Waals surface area (Å²) in [5.74, 6) is -0.539. The van der Waals surface area contributed by atoms with Gasteiger partial charge in [-0.3, -0.25) is 19.8 Å². The van der Waals surface area contributed by atoms with Crippen LogP contribution in [0.15, 0.2) is 60.2 Å². The molecule has 6 heteroatoms. The van der Waals surface area contributed by atoms with Gasteiger partial charge in [0.15, 0.2) is 5.11 Å². The van der Waals surface area contributed by atoms with Crippen LogP contribution >= 0.6 is 12.2 Å². The summed E-state index contributed by atoms with van der Waals surface area (Å²) in [5, 5.41) is 2.75. The fourth-order valence-electron chi connectivity index (χ4n) is 4.08. The van der Waals surface area contributed by atoms with Crippen molar-refractivity contribution in [1.29, 1.82) is 0 Å². The van der Waals surface area contributed by atoms with Gasteiger partial charge in [-0.05, 0) is 86.4 Å². The summed E-state index contributed by atoms with van der Waals surface area (Å²) in [4.78, 5) is 27.5. The van der Waals surface area contributed by atoms with Crippen LogP contribution in [0.4, 0.5) is 5.69 Å². The van der Waals surface area contributed by atoms with Crippen LogP contribution in [-0.4, -0.2) is 21.5 Å². The molecule has 0 spiro atoms. The monoisotopic (exact) mass is 457 g/mol. The van der Waals surface area contributed by atoms with Crippen LogP contribution in [0.5, 0.6) is 0 Å². The molecule has 0 aliphatic carbocycles. The Morgan fingerprint density at radius 2 is 1.52 bits per heavy atom. The summed E-state index contributed by atoms with van der Waals surface area (Å²) in [6, 6.07) is 17.9. The third-order valence-electron chi connectivity index (χ3n) is 5.98. The summed E-state index contributed by atoms with van der Waals surface area (Å²) < 4.78 is 2.12. The van der Waals surface area contributed by atoms with Crippen LogP contribution in [0.25, 0.3) is 11.8 Å². The van der Waals surface area contributed by atoms with E-state index in [2.05, 4.69) is 54.9 Å². The first-order valence-corrected chi connectivity index (χ1v) is 11.4. The Kier molecular flexibility index (Phi) is 6.04.